The first-order valence-corrected chi connectivity index (χ1v) is 7.83. The molecular formula is C19H22F2O2. The third-order valence-corrected chi connectivity index (χ3v) is 4.39. The van der Waals surface area contributed by atoms with E-state index < -0.39 is 17.8 Å². The number of benzene rings is 2. The third-order valence-electron chi connectivity index (χ3n) is 4.39. The van der Waals surface area contributed by atoms with Gasteiger partial charge in [0.1, 0.15) is 23.8 Å². The molecule has 0 spiro atoms. The molecule has 0 radical (unpaired) electrons. The fourth-order valence-electron chi connectivity index (χ4n) is 3.20. The van der Waals surface area contributed by atoms with Gasteiger partial charge in [-0.05, 0) is 48.2 Å². The Hall–Kier alpha value is -2.10. The summed E-state index contributed by atoms with van der Waals surface area (Å²) in [5.41, 5.74) is -0.514. The monoisotopic (exact) mass is 320 g/mol. The van der Waals surface area contributed by atoms with Crippen LogP contribution < -0.4 is 0 Å². The summed E-state index contributed by atoms with van der Waals surface area (Å²) in [5, 5.41) is 19.0. The molecule has 0 aliphatic heterocycles. The number of aromatic hydroxyl groups is 2. The van der Waals surface area contributed by atoms with Gasteiger partial charge >= 0.3 is 0 Å². The molecule has 0 aliphatic carbocycles. The van der Waals surface area contributed by atoms with Gasteiger partial charge in [0.2, 0.25) is 0 Å². The molecule has 2 rings (SSSR count). The van der Waals surface area contributed by atoms with Crippen molar-refractivity contribution in [1.29, 1.82) is 0 Å². The third kappa shape index (κ3) is 3.03. The van der Waals surface area contributed by atoms with Gasteiger partial charge in [-0.3, -0.25) is 0 Å². The number of rotatable bonds is 6. The molecule has 4 heteroatoms. The van der Waals surface area contributed by atoms with Crippen molar-refractivity contribution in [2.24, 2.45) is 0 Å². The summed E-state index contributed by atoms with van der Waals surface area (Å²) < 4.78 is 30.2. The van der Waals surface area contributed by atoms with Crippen molar-refractivity contribution in [3.63, 3.8) is 0 Å². The first-order chi connectivity index (χ1) is 11.0. The zero-order valence-electron chi connectivity index (χ0n) is 13.3. The highest BCUT2D eigenvalue weighted by atomic mass is 19.1. The minimum atomic E-state index is -1.47. The van der Waals surface area contributed by atoms with Gasteiger partial charge in [0.15, 0.2) is 0 Å². The number of hydrogen-bond donors (Lipinski definition) is 2. The average molecular weight is 320 g/mol. The van der Waals surface area contributed by atoms with Crippen molar-refractivity contribution in [1.82, 2.24) is 0 Å². The maximum Gasteiger partial charge on any atom is 0.116 e. The van der Waals surface area contributed by atoms with Crippen molar-refractivity contribution < 1.29 is 19.0 Å². The molecule has 23 heavy (non-hydrogen) atoms. The highest BCUT2D eigenvalue weighted by Gasteiger charge is 2.48. The molecule has 0 aliphatic rings. The van der Waals surface area contributed by atoms with Gasteiger partial charge in [0.25, 0.3) is 0 Å². The zero-order chi connectivity index (χ0) is 17.0. The quantitative estimate of drug-likeness (QED) is 0.796. The van der Waals surface area contributed by atoms with Gasteiger partial charge in [-0.25, -0.2) is 8.78 Å². The first-order valence-electron chi connectivity index (χ1n) is 7.83. The van der Waals surface area contributed by atoms with Crippen LogP contribution in [0.2, 0.25) is 0 Å². The molecular weight excluding hydrogens is 298 g/mol. The maximum absolute atomic E-state index is 15.1. The molecule has 2 nitrogen and oxygen atoms in total. The van der Waals surface area contributed by atoms with Gasteiger partial charge in [0.05, 0.1) is 5.41 Å². The number of phenols is 2. The lowest BCUT2D eigenvalue weighted by molar-refractivity contribution is 0.110. The molecule has 2 aromatic rings. The Kier molecular flexibility index (Phi) is 5.24. The van der Waals surface area contributed by atoms with Crippen molar-refractivity contribution in [3.05, 3.63) is 59.7 Å². The second-order valence-corrected chi connectivity index (χ2v) is 5.71. The number of hydrogen-bond acceptors (Lipinski definition) is 2. The minimum Gasteiger partial charge on any atom is -0.508 e. The predicted octanol–water partition coefficient (Wildman–Crippen LogP) is 4.88. The Balaban J connectivity index is 2.73. The topological polar surface area (TPSA) is 40.5 Å². The molecule has 0 heterocycles. The summed E-state index contributed by atoms with van der Waals surface area (Å²) >= 11 is 0. The molecule has 0 fully saturated rings. The fraction of sp³-hybridized carbons (Fsp3) is 0.368. The van der Waals surface area contributed by atoms with Crippen LogP contribution in [0.15, 0.2) is 48.5 Å². The van der Waals surface area contributed by atoms with E-state index >= 15 is 8.78 Å². The van der Waals surface area contributed by atoms with E-state index in [0.717, 1.165) is 0 Å². The molecule has 0 bridgehead atoms. The normalized spacial score (nSPS) is 14.4. The molecule has 0 aromatic heterocycles. The second kappa shape index (κ2) is 6.99. The van der Waals surface area contributed by atoms with E-state index in [1.807, 2.05) is 0 Å². The lowest BCUT2D eigenvalue weighted by Crippen LogP contribution is -2.46. The maximum atomic E-state index is 15.1. The van der Waals surface area contributed by atoms with Crippen LogP contribution in [0, 0.1) is 0 Å². The summed E-state index contributed by atoms with van der Waals surface area (Å²) in [6, 6.07) is 12.0. The fourth-order valence-corrected chi connectivity index (χ4v) is 3.20. The summed E-state index contributed by atoms with van der Waals surface area (Å²) in [6.45, 7) is 3.37. The first kappa shape index (κ1) is 17.3. The van der Waals surface area contributed by atoms with Gasteiger partial charge in [0, 0.05) is 0 Å². The van der Waals surface area contributed by atoms with Crippen molar-refractivity contribution in [3.8, 4) is 11.5 Å². The highest BCUT2D eigenvalue weighted by molar-refractivity contribution is 5.46. The average Bonchev–Trinajstić information content (AvgIpc) is 2.57. The Morgan fingerprint density at radius 3 is 1.30 bits per heavy atom. The van der Waals surface area contributed by atoms with Gasteiger partial charge < -0.3 is 10.2 Å². The molecule has 124 valence electrons. The molecule has 2 aromatic carbocycles. The highest BCUT2D eigenvalue weighted by Crippen LogP contribution is 2.45. The molecule has 0 saturated heterocycles. The number of phenolic OH excluding ortho intramolecular Hbond substituents is 2. The number of alkyl halides is 2. The minimum absolute atomic E-state index is 0.0483. The van der Waals surface area contributed by atoms with E-state index in [1.165, 1.54) is 24.3 Å². The van der Waals surface area contributed by atoms with Crippen LogP contribution in [0.25, 0.3) is 0 Å². The standard InChI is InChI=1S/C19H22F2O2/c1-3-17(20)19(18(21)4-2,13-5-9-15(22)10-6-13)14-7-11-16(23)12-8-14/h5-12,17-18,22-23H,3-4H2,1-2H3. The second-order valence-electron chi connectivity index (χ2n) is 5.71. The Labute approximate surface area is 135 Å². The summed E-state index contributed by atoms with van der Waals surface area (Å²) in [7, 11) is 0. The lowest BCUT2D eigenvalue weighted by Gasteiger charge is -2.40. The Bertz CT molecular complexity index is 565. The van der Waals surface area contributed by atoms with Crippen LogP contribution in [0.5, 0.6) is 11.5 Å². The van der Waals surface area contributed by atoms with Crippen LogP contribution in [0.1, 0.15) is 37.8 Å². The SMILES string of the molecule is CCC(F)C(c1ccc(O)cc1)(c1ccc(O)cc1)C(F)CC. The van der Waals surface area contributed by atoms with Crippen LogP contribution in [-0.2, 0) is 5.41 Å². The summed E-state index contributed by atoms with van der Waals surface area (Å²) in [6.07, 6.45) is -2.57. The molecule has 2 unspecified atom stereocenters. The molecule has 2 N–H and O–H groups in total. The summed E-state index contributed by atoms with van der Waals surface area (Å²) in [5.74, 6) is 0.0966. The van der Waals surface area contributed by atoms with E-state index in [2.05, 4.69) is 0 Å². The van der Waals surface area contributed by atoms with E-state index in [4.69, 9.17) is 0 Å². The summed E-state index contributed by atoms with van der Waals surface area (Å²) in [4.78, 5) is 0. The molecule has 0 saturated carbocycles. The van der Waals surface area contributed by atoms with Crippen LogP contribution in [0.4, 0.5) is 8.78 Å². The molecule has 2 atom stereocenters. The van der Waals surface area contributed by atoms with Crippen molar-refractivity contribution >= 4 is 0 Å². The number of halogens is 2. The smallest absolute Gasteiger partial charge is 0.116 e. The van der Waals surface area contributed by atoms with E-state index in [0.29, 0.717) is 11.1 Å². The zero-order valence-corrected chi connectivity index (χ0v) is 13.3. The van der Waals surface area contributed by atoms with E-state index in [9.17, 15) is 10.2 Å². The Morgan fingerprint density at radius 1 is 0.739 bits per heavy atom. The van der Waals surface area contributed by atoms with Crippen LogP contribution >= 0.6 is 0 Å². The largest absolute Gasteiger partial charge is 0.508 e. The van der Waals surface area contributed by atoms with E-state index in [1.54, 1.807) is 38.1 Å². The Morgan fingerprint density at radius 2 is 1.04 bits per heavy atom. The van der Waals surface area contributed by atoms with Gasteiger partial charge in [-0.2, -0.15) is 0 Å². The van der Waals surface area contributed by atoms with E-state index in [-0.39, 0.29) is 24.3 Å². The van der Waals surface area contributed by atoms with Crippen LogP contribution in [-0.4, -0.2) is 22.6 Å². The van der Waals surface area contributed by atoms with Crippen LogP contribution in [0.3, 0.4) is 0 Å². The molecule has 0 amide bonds. The van der Waals surface area contributed by atoms with Gasteiger partial charge in [-0.15, -0.1) is 0 Å². The van der Waals surface area contributed by atoms with Crippen molar-refractivity contribution in [2.45, 2.75) is 44.4 Å². The van der Waals surface area contributed by atoms with Crippen molar-refractivity contribution in [2.75, 3.05) is 0 Å². The lowest BCUT2D eigenvalue weighted by atomic mass is 9.66. The predicted molar refractivity (Wildman–Crippen MR) is 87.4 cm³/mol. The van der Waals surface area contributed by atoms with Gasteiger partial charge in [-0.1, -0.05) is 38.1 Å².